The first-order valence-corrected chi connectivity index (χ1v) is 10.9. The fourth-order valence-corrected chi connectivity index (χ4v) is 4.22. The number of carbonyl (C=O) groups is 1. The number of thioether (sulfide) groups is 1. The Labute approximate surface area is 183 Å². The largest absolute Gasteiger partial charge is 0.454 e. The van der Waals surface area contributed by atoms with Crippen LogP contribution in [0.4, 0.5) is 0 Å². The van der Waals surface area contributed by atoms with E-state index in [1.54, 1.807) is 25.1 Å². The Morgan fingerprint density at radius 3 is 2.90 bits per heavy atom. The van der Waals surface area contributed by atoms with Gasteiger partial charge in [0.15, 0.2) is 16.7 Å². The lowest BCUT2D eigenvalue weighted by Crippen LogP contribution is -2.31. The van der Waals surface area contributed by atoms with E-state index in [2.05, 4.69) is 10.3 Å². The van der Waals surface area contributed by atoms with E-state index in [1.807, 2.05) is 24.3 Å². The number of aromatic nitrogens is 2. The Morgan fingerprint density at radius 1 is 1.26 bits per heavy atom. The van der Waals surface area contributed by atoms with Gasteiger partial charge in [0.1, 0.15) is 0 Å². The normalized spacial score (nSPS) is 13.4. The summed E-state index contributed by atoms with van der Waals surface area (Å²) in [5.41, 5.74) is 1.32. The fraction of sp³-hybridized carbons (Fsp3) is 0.318. The third-order valence-corrected chi connectivity index (χ3v) is 6.01. The number of amides is 1. The maximum absolute atomic E-state index is 12.9. The molecule has 3 aromatic rings. The number of hydrogen-bond acceptors (Lipinski definition) is 7. The number of hydrogen-bond donors (Lipinski definition) is 2. The van der Waals surface area contributed by atoms with Crippen LogP contribution in [-0.2, 0) is 17.9 Å². The number of carbonyl (C=O) groups excluding carboxylic acids is 1. The summed E-state index contributed by atoms with van der Waals surface area (Å²) in [7, 11) is 0. The number of nitrogens with one attached hydrogen (secondary N) is 1. The number of ether oxygens (including phenoxy) is 2. The highest BCUT2D eigenvalue weighted by molar-refractivity contribution is 8.00. The summed E-state index contributed by atoms with van der Waals surface area (Å²) in [6, 6.07) is 12.7. The van der Waals surface area contributed by atoms with Gasteiger partial charge in [-0.2, -0.15) is 0 Å². The molecule has 4 rings (SSSR count). The number of rotatable bonds is 8. The van der Waals surface area contributed by atoms with E-state index in [0.717, 1.165) is 5.56 Å². The second-order valence-electron chi connectivity index (χ2n) is 7.11. The van der Waals surface area contributed by atoms with Crippen molar-refractivity contribution in [3.05, 3.63) is 58.4 Å². The van der Waals surface area contributed by atoms with Crippen molar-refractivity contribution in [1.82, 2.24) is 14.9 Å². The zero-order chi connectivity index (χ0) is 21.8. The summed E-state index contributed by atoms with van der Waals surface area (Å²) in [6.45, 7) is 2.63. The maximum atomic E-state index is 12.9. The Balaban J connectivity index is 1.48. The van der Waals surface area contributed by atoms with Gasteiger partial charge in [-0.25, -0.2) is 4.98 Å². The standard InChI is InChI=1S/C22H23N3O5S/c1-14(20(27)23-12-15-7-8-18-19(11-15)30-13-29-18)31-22-24-17-6-3-2-5-16(17)21(28)25(22)9-4-10-26/h2-3,5-8,11,14,26H,4,9-10,12-13H2,1H3,(H,23,27). The minimum atomic E-state index is -0.470. The first-order chi connectivity index (χ1) is 15.1. The quantitative estimate of drug-likeness (QED) is 0.408. The topological polar surface area (TPSA) is 103 Å². The first-order valence-electron chi connectivity index (χ1n) is 10.00. The van der Waals surface area contributed by atoms with Crippen molar-refractivity contribution >= 4 is 28.6 Å². The molecule has 2 N–H and O–H groups in total. The highest BCUT2D eigenvalue weighted by atomic mass is 32.2. The molecule has 0 aliphatic carbocycles. The average molecular weight is 442 g/mol. The molecule has 1 atom stereocenters. The maximum Gasteiger partial charge on any atom is 0.262 e. The molecule has 0 fully saturated rings. The van der Waals surface area contributed by atoms with Gasteiger partial charge in [0.25, 0.3) is 5.56 Å². The van der Waals surface area contributed by atoms with Gasteiger partial charge in [-0.15, -0.1) is 0 Å². The van der Waals surface area contributed by atoms with Crippen molar-refractivity contribution in [2.24, 2.45) is 0 Å². The van der Waals surface area contributed by atoms with Crippen molar-refractivity contribution in [2.75, 3.05) is 13.4 Å². The molecule has 2 aromatic carbocycles. The number of fused-ring (bicyclic) bond motifs is 2. The summed E-state index contributed by atoms with van der Waals surface area (Å²) in [4.78, 5) is 30.2. The highest BCUT2D eigenvalue weighted by Gasteiger charge is 2.20. The summed E-state index contributed by atoms with van der Waals surface area (Å²) >= 11 is 1.23. The minimum absolute atomic E-state index is 0.0328. The number of aliphatic hydroxyl groups is 1. The van der Waals surface area contributed by atoms with Gasteiger partial charge < -0.3 is 19.9 Å². The Morgan fingerprint density at radius 2 is 2.06 bits per heavy atom. The predicted molar refractivity (Wildman–Crippen MR) is 117 cm³/mol. The Hall–Kier alpha value is -3.04. The second kappa shape index (κ2) is 9.40. The summed E-state index contributed by atoms with van der Waals surface area (Å²) < 4.78 is 12.2. The third-order valence-electron chi connectivity index (χ3n) is 4.92. The molecule has 1 amide bonds. The molecule has 0 bridgehead atoms. The monoisotopic (exact) mass is 441 g/mol. The minimum Gasteiger partial charge on any atom is -0.454 e. The first kappa shape index (κ1) is 21.2. The van der Waals surface area contributed by atoms with Crippen LogP contribution < -0.4 is 20.3 Å². The van der Waals surface area contributed by atoms with Crippen LogP contribution in [0.25, 0.3) is 10.9 Å². The number of benzene rings is 2. The molecule has 162 valence electrons. The van der Waals surface area contributed by atoms with E-state index in [4.69, 9.17) is 9.47 Å². The van der Waals surface area contributed by atoms with Crippen LogP contribution in [0.15, 0.2) is 52.4 Å². The number of para-hydroxylation sites is 1. The summed E-state index contributed by atoms with van der Waals surface area (Å²) in [5, 5.41) is 12.6. The zero-order valence-electron chi connectivity index (χ0n) is 17.0. The SMILES string of the molecule is CC(Sc1nc2ccccc2c(=O)n1CCCO)C(=O)NCc1ccc2c(c1)OCO2. The molecule has 9 heteroatoms. The van der Waals surface area contributed by atoms with Crippen molar-refractivity contribution in [3.63, 3.8) is 0 Å². The zero-order valence-corrected chi connectivity index (χ0v) is 17.9. The van der Waals surface area contributed by atoms with Gasteiger partial charge in [0.05, 0.1) is 16.2 Å². The fourth-order valence-electron chi connectivity index (χ4n) is 3.26. The van der Waals surface area contributed by atoms with Gasteiger partial charge in [-0.1, -0.05) is 30.0 Å². The molecule has 1 aromatic heterocycles. The lowest BCUT2D eigenvalue weighted by atomic mass is 10.2. The van der Waals surface area contributed by atoms with Gasteiger partial charge in [-0.3, -0.25) is 14.2 Å². The van der Waals surface area contributed by atoms with Crippen LogP contribution in [0.5, 0.6) is 11.5 Å². The van der Waals surface area contributed by atoms with E-state index in [1.165, 1.54) is 16.3 Å². The smallest absolute Gasteiger partial charge is 0.262 e. The van der Waals surface area contributed by atoms with Crippen LogP contribution in [0.3, 0.4) is 0 Å². The Bertz CT molecular complexity index is 1160. The van der Waals surface area contributed by atoms with Gasteiger partial charge in [0, 0.05) is 19.7 Å². The van der Waals surface area contributed by atoms with Gasteiger partial charge in [0.2, 0.25) is 12.7 Å². The molecule has 1 aliphatic heterocycles. The summed E-state index contributed by atoms with van der Waals surface area (Å²) in [6.07, 6.45) is 0.429. The second-order valence-corrected chi connectivity index (χ2v) is 8.42. The van der Waals surface area contributed by atoms with E-state index < -0.39 is 5.25 Å². The molecule has 1 unspecified atom stereocenters. The molecule has 0 radical (unpaired) electrons. The summed E-state index contributed by atoms with van der Waals surface area (Å²) in [5.74, 6) is 1.20. The van der Waals surface area contributed by atoms with Gasteiger partial charge >= 0.3 is 0 Å². The molecular formula is C22H23N3O5S. The predicted octanol–water partition coefficient (Wildman–Crippen LogP) is 2.30. The molecule has 0 saturated heterocycles. The molecule has 2 heterocycles. The van der Waals surface area contributed by atoms with Crippen molar-refractivity contribution < 1.29 is 19.4 Å². The van der Waals surface area contributed by atoms with Crippen LogP contribution in [0.2, 0.25) is 0 Å². The van der Waals surface area contributed by atoms with Gasteiger partial charge in [-0.05, 0) is 43.2 Å². The van der Waals surface area contributed by atoms with Crippen LogP contribution >= 0.6 is 11.8 Å². The van der Waals surface area contributed by atoms with E-state index in [-0.39, 0.29) is 24.9 Å². The van der Waals surface area contributed by atoms with Crippen molar-refractivity contribution in [2.45, 2.75) is 36.8 Å². The molecule has 0 spiro atoms. The molecule has 31 heavy (non-hydrogen) atoms. The lowest BCUT2D eigenvalue weighted by Gasteiger charge is -2.16. The third kappa shape index (κ3) is 4.67. The van der Waals surface area contributed by atoms with Crippen LogP contribution in [-0.4, -0.2) is 39.2 Å². The van der Waals surface area contributed by atoms with E-state index in [9.17, 15) is 14.7 Å². The van der Waals surface area contributed by atoms with E-state index in [0.29, 0.717) is 47.1 Å². The van der Waals surface area contributed by atoms with Crippen molar-refractivity contribution in [1.29, 1.82) is 0 Å². The number of aliphatic hydroxyl groups excluding tert-OH is 1. The Kier molecular flexibility index (Phi) is 6.43. The molecule has 0 saturated carbocycles. The molecular weight excluding hydrogens is 418 g/mol. The van der Waals surface area contributed by atoms with E-state index >= 15 is 0 Å². The molecule has 8 nitrogen and oxygen atoms in total. The number of nitrogens with zero attached hydrogens (tertiary/aromatic N) is 2. The van der Waals surface area contributed by atoms with Crippen molar-refractivity contribution in [3.8, 4) is 11.5 Å². The average Bonchev–Trinajstić information content (AvgIpc) is 3.25. The van der Waals surface area contributed by atoms with Crippen LogP contribution in [0.1, 0.15) is 18.9 Å². The lowest BCUT2D eigenvalue weighted by molar-refractivity contribution is -0.120. The molecule has 1 aliphatic rings. The highest BCUT2D eigenvalue weighted by Crippen LogP contribution is 2.32. The van der Waals surface area contributed by atoms with Crippen LogP contribution in [0, 0.1) is 0 Å².